The molecule has 0 N–H and O–H groups in total. The first-order valence-corrected chi connectivity index (χ1v) is 8.60. The van der Waals surface area contributed by atoms with Crippen molar-refractivity contribution in [3.8, 4) is 5.75 Å². The standard InChI is InChI=1S/C21H25NO/c1-15-20-13-16-9-10-18(23-3)14-19(16)21(15,11-12-22(20)2)17-7-5-4-6-8-17/h4-10,14-15,20H,11-13H2,1-3H3/t15-,20?,21+/m1/s1. The molecule has 0 spiro atoms. The number of likely N-dealkylation sites (N-methyl/N-ethyl adjacent to an activating group) is 1. The maximum Gasteiger partial charge on any atom is 0.119 e. The molecule has 2 nitrogen and oxygen atoms in total. The van der Waals surface area contributed by atoms with Gasteiger partial charge >= 0.3 is 0 Å². The minimum absolute atomic E-state index is 0.112. The molecule has 2 aromatic carbocycles. The fourth-order valence-electron chi connectivity index (χ4n) is 4.97. The van der Waals surface area contributed by atoms with Gasteiger partial charge in [-0.1, -0.05) is 43.3 Å². The highest BCUT2D eigenvalue weighted by Gasteiger charge is 2.51. The third kappa shape index (κ3) is 2.05. The zero-order valence-electron chi connectivity index (χ0n) is 14.3. The Balaban J connectivity index is 1.98. The number of hydrogen-bond acceptors (Lipinski definition) is 2. The van der Waals surface area contributed by atoms with Crippen molar-refractivity contribution in [1.29, 1.82) is 0 Å². The molecule has 2 aliphatic rings. The molecule has 1 aliphatic carbocycles. The lowest BCUT2D eigenvalue weighted by molar-refractivity contribution is 0.0613. The van der Waals surface area contributed by atoms with E-state index < -0.39 is 0 Å². The summed E-state index contributed by atoms with van der Waals surface area (Å²) < 4.78 is 5.54. The van der Waals surface area contributed by atoms with E-state index in [4.69, 9.17) is 4.74 Å². The average molecular weight is 307 g/mol. The number of piperidine rings is 1. The Kier molecular flexibility index (Phi) is 3.46. The Morgan fingerprint density at radius 3 is 2.65 bits per heavy atom. The van der Waals surface area contributed by atoms with E-state index in [-0.39, 0.29) is 5.41 Å². The molecule has 1 fully saturated rings. The molecular weight excluding hydrogens is 282 g/mol. The highest BCUT2D eigenvalue weighted by Crippen LogP contribution is 2.52. The summed E-state index contributed by atoms with van der Waals surface area (Å²) in [4.78, 5) is 2.55. The molecule has 0 amide bonds. The van der Waals surface area contributed by atoms with Gasteiger partial charge in [-0.2, -0.15) is 0 Å². The number of methoxy groups -OCH3 is 1. The summed E-state index contributed by atoms with van der Waals surface area (Å²) in [6.45, 7) is 3.59. The van der Waals surface area contributed by atoms with Crippen LogP contribution in [0.3, 0.4) is 0 Å². The Labute approximate surface area is 139 Å². The molecule has 0 saturated carbocycles. The highest BCUT2D eigenvalue weighted by molar-refractivity contribution is 5.51. The summed E-state index contributed by atoms with van der Waals surface area (Å²) in [5.41, 5.74) is 4.55. The van der Waals surface area contributed by atoms with Crippen molar-refractivity contribution in [2.24, 2.45) is 5.92 Å². The molecule has 4 rings (SSSR count). The molecular formula is C21H25NO. The Hall–Kier alpha value is -1.80. The highest BCUT2D eigenvalue weighted by atomic mass is 16.5. The van der Waals surface area contributed by atoms with Crippen molar-refractivity contribution in [2.75, 3.05) is 20.7 Å². The largest absolute Gasteiger partial charge is 0.497 e. The summed E-state index contributed by atoms with van der Waals surface area (Å²) in [5, 5.41) is 0. The van der Waals surface area contributed by atoms with Crippen LogP contribution in [0.15, 0.2) is 48.5 Å². The summed E-state index contributed by atoms with van der Waals surface area (Å²) in [6.07, 6.45) is 2.32. The van der Waals surface area contributed by atoms with E-state index in [1.165, 1.54) is 23.1 Å². The van der Waals surface area contributed by atoms with Crippen molar-refractivity contribution in [1.82, 2.24) is 4.90 Å². The van der Waals surface area contributed by atoms with Crippen LogP contribution in [0.25, 0.3) is 0 Å². The summed E-state index contributed by atoms with van der Waals surface area (Å²) in [6, 6.07) is 18.4. The molecule has 1 unspecified atom stereocenters. The van der Waals surface area contributed by atoms with Gasteiger partial charge in [0.1, 0.15) is 5.75 Å². The van der Waals surface area contributed by atoms with Crippen LogP contribution in [0.4, 0.5) is 0 Å². The summed E-state index contributed by atoms with van der Waals surface area (Å²) in [5.74, 6) is 1.58. The monoisotopic (exact) mass is 307 g/mol. The molecule has 0 radical (unpaired) electrons. The number of likely N-dealkylation sites (tertiary alicyclic amines) is 1. The molecule has 120 valence electrons. The minimum Gasteiger partial charge on any atom is -0.497 e. The van der Waals surface area contributed by atoms with Crippen molar-refractivity contribution in [3.05, 3.63) is 65.2 Å². The van der Waals surface area contributed by atoms with E-state index >= 15 is 0 Å². The third-order valence-electron chi connectivity index (χ3n) is 6.30. The van der Waals surface area contributed by atoms with Gasteiger partial charge in [-0.3, -0.25) is 0 Å². The maximum atomic E-state index is 5.54. The van der Waals surface area contributed by atoms with E-state index in [1.54, 1.807) is 7.11 Å². The van der Waals surface area contributed by atoms with Crippen molar-refractivity contribution in [3.63, 3.8) is 0 Å². The normalized spacial score (nSPS) is 29.9. The van der Waals surface area contributed by atoms with Crippen molar-refractivity contribution >= 4 is 0 Å². The van der Waals surface area contributed by atoms with Gasteiger partial charge in [0.2, 0.25) is 0 Å². The molecule has 1 saturated heterocycles. The molecule has 1 heterocycles. The molecule has 2 aromatic rings. The quantitative estimate of drug-likeness (QED) is 0.835. The molecule has 0 aromatic heterocycles. The van der Waals surface area contributed by atoms with Crippen LogP contribution in [0, 0.1) is 5.92 Å². The molecule has 1 aliphatic heterocycles. The molecule has 2 bridgehead atoms. The lowest BCUT2D eigenvalue weighted by Crippen LogP contribution is -2.58. The van der Waals surface area contributed by atoms with Crippen LogP contribution in [-0.4, -0.2) is 31.6 Å². The number of benzene rings is 2. The van der Waals surface area contributed by atoms with Crippen molar-refractivity contribution < 1.29 is 4.74 Å². The van der Waals surface area contributed by atoms with Gasteiger partial charge in [-0.15, -0.1) is 0 Å². The van der Waals surface area contributed by atoms with Gasteiger partial charge in [0.25, 0.3) is 0 Å². The first kappa shape index (κ1) is 14.8. The predicted octanol–water partition coefficient (Wildman–Crippen LogP) is 3.88. The van der Waals surface area contributed by atoms with E-state index in [2.05, 4.69) is 67.4 Å². The predicted molar refractivity (Wildman–Crippen MR) is 94.1 cm³/mol. The lowest BCUT2D eigenvalue weighted by atomic mass is 9.55. The number of rotatable bonds is 2. The maximum absolute atomic E-state index is 5.54. The fraction of sp³-hybridized carbons (Fsp3) is 0.429. The van der Waals surface area contributed by atoms with E-state index in [0.29, 0.717) is 12.0 Å². The average Bonchev–Trinajstić information content (AvgIpc) is 2.59. The van der Waals surface area contributed by atoms with Crippen LogP contribution in [0.1, 0.15) is 30.0 Å². The van der Waals surface area contributed by atoms with Gasteiger partial charge < -0.3 is 9.64 Å². The van der Waals surface area contributed by atoms with Crippen LogP contribution in [-0.2, 0) is 11.8 Å². The van der Waals surface area contributed by atoms with Crippen LogP contribution >= 0.6 is 0 Å². The van der Waals surface area contributed by atoms with Gasteiger partial charge in [0.05, 0.1) is 7.11 Å². The zero-order chi connectivity index (χ0) is 16.0. The first-order chi connectivity index (χ1) is 11.2. The van der Waals surface area contributed by atoms with E-state index in [0.717, 1.165) is 18.7 Å². The van der Waals surface area contributed by atoms with Crippen LogP contribution in [0.5, 0.6) is 5.75 Å². The van der Waals surface area contributed by atoms with Gasteiger partial charge in [-0.25, -0.2) is 0 Å². The van der Waals surface area contributed by atoms with Gasteiger partial charge in [0, 0.05) is 11.5 Å². The second-order valence-corrected chi connectivity index (χ2v) is 7.15. The smallest absolute Gasteiger partial charge is 0.119 e. The third-order valence-corrected chi connectivity index (χ3v) is 6.30. The lowest BCUT2D eigenvalue weighted by Gasteiger charge is -2.55. The minimum atomic E-state index is 0.112. The summed E-state index contributed by atoms with van der Waals surface area (Å²) in [7, 11) is 4.05. The van der Waals surface area contributed by atoms with E-state index in [9.17, 15) is 0 Å². The molecule has 23 heavy (non-hydrogen) atoms. The molecule has 3 atom stereocenters. The number of ether oxygens (including phenoxy) is 1. The SMILES string of the molecule is COc1ccc2c(c1)[C@@]1(c3ccccc3)CCN(C)C(C2)[C@H]1C. The number of hydrogen-bond donors (Lipinski definition) is 0. The summed E-state index contributed by atoms with van der Waals surface area (Å²) >= 11 is 0. The first-order valence-electron chi connectivity index (χ1n) is 8.60. The van der Waals surface area contributed by atoms with E-state index in [1.807, 2.05) is 0 Å². The Morgan fingerprint density at radius 1 is 1.13 bits per heavy atom. The van der Waals surface area contributed by atoms with Crippen LogP contribution < -0.4 is 4.74 Å². The van der Waals surface area contributed by atoms with Crippen LogP contribution in [0.2, 0.25) is 0 Å². The van der Waals surface area contributed by atoms with Crippen molar-refractivity contribution in [2.45, 2.75) is 31.2 Å². The second-order valence-electron chi connectivity index (χ2n) is 7.15. The number of fused-ring (bicyclic) bond motifs is 4. The topological polar surface area (TPSA) is 12.5 Å². The Morgan fingerprint density at radius 2 is 1.91 bits per heavy atom. The fourth-order valence-corrected chi connectivity index (χ4v) is 4.97. The molecule has 2 heteroatoms. The number of nitrogens with zero attached hydrogens (tertiary/aromatic N) is 1. The van der Waals surface area contributed by atoms with Gasteiger partial charge in [-0.05, 0) is 61.2 Å². The second kappa shape index (κ2) is 5.38. The Bertz CT molecular complexity index is 711. The zero-order valence-corrected chi connectivity index (χ0v) is 14.3. The van der Waals surface area contributed by atoms with Gasteiger partial charge in [0.15, 0.2) is 0 Å².